The van der Waals surface area contributed by atoms with Gasteiger partial charge in [0.15, 0.2) is 11.5 Å². The zero-order chi connectivity index (χ0) is 29.0. The number of aliphatic hydroxyl groups excluding tert-OH is 1. The third kappa shape index (κ3) is 5.46. The van der Waals surface area contributed by atoms with E-state index in [2.05, 4.69) is 17.1 Å². The molecule has 1 aliphatic rings. The molecule has 2 heterocycles. The molecule has 4 rings (SSSR count). The number of aliphatic hydroxyl groups is 1. The zero-order valence-corrected chi connectivity index (χ0v) is 24.2. The number of nitrogens with zero attached hydrogens (tertiary/aromatic N) is 3. The summed E-state index contributed by atoms with van der Waals surface area (Å²) in [5.41, 5.74) is 0.717. The van der Waals surface area contributed by atoms with Gasteiger partial charge in [-0.2, -0.15) is 0 Å². The monoisotopic (exact) mass is 567 g/mol. The number of unbranched alkanes of at least 4 members (excludes halogenated alkanes) is 1. The molecule has 0 radical (unpaired) electrons. The number of aromatic nitrogens is 2. The van der Waals surface area contributed by atoms with Gasteiger partial charge in [0.2, 0.25) is 10.9 Å². The molecule has 11 heteroatoms. The molecular formula is C29H33N3O7S. The second-order valence-electron chi connectivity index (χ2n) is 9.43. The minimum Gasteiger partial charge on any atom is -0.507 e. The Balaban J connectivity index is 1.89. The van der Waals surface area contributed by atoms with Crippen LogP contribution in [0.2, 0.25) is 0 Å². The van der Waals surface area contributed by atoms with E-state index in [1.165, 1.54) is 37.6 Å². The average Bonchev–Trinajstić information content (AvgIpc) is 3.55. The van der Waals surface area contributed by atoms with Gasteiger partial charge in [-0.1, -0.05) is 38.5 Å². The molecule has 212 valence electrons. The minimum atomic E-state index is -1.04. The summed E-state index contributed by atoms with van der Waals surface area (Å²) in [6.45, 7) is 6.58. The smallest absolute Gasteiger partial charge is 0.301 e. The number of rotatable bonds is 11. The van der Waals surface area contributed by atoms with Crippen molar-refractivity contribution in [1.29, 1.82) is 0 Å². The predicted octanol–water partition coefficient (Wildman–Crippen LogP) is 5.49. The van der Waals surface area contributed by atoms with Crippen LogP contribution in [0.5, 0.6) is 23.0 Å². The second kappa shape index (κ2) is 12.4. The van der Waals surface area contributed by atoms with Crippen molar-refractivity contribution in [2.45, 2.75) is 45.6 Å². The Morgan fingerprint density at radius 1 is 1.02 bits per heavy atom. The van der Waals surface area contributed by atoms with Gasteiger partial charge < -0.3 is 24.1 Å². The van der Waals surface area contributed by atoms with Crippen molar-refractivity contribution in [3.63, 3.8) is 0 Å². The Kier molecular flexibility index (Phi) is 8.93. The number of amides is 1. The van der Waals surface area contributed by atoms with Gasteiger partial charge in [0.05, 0.1) is 39.6 Å². The molecule has 1 fully saturated rings. The number of benzene rings is 2. The quantitative estimate of drug-likeness (QED) is 0.139. The van der Waals surface area contributed by atoms with Crippen molar-refractivity contribution < 1.29 is 33.6 Å². The van der Waals surface area contributed by atoms with E-state index in [9.17, 15) is 14.7 Å². The fourth-order valence-corrected chi connectivity index (χ4v) is 5.23. The van der Waals surface area contributed by atoms with Gasteiger partial charge in [-0.3, -0.25) is 14.5 Å². The lowest BCUT2D eigenvalue weighted by Crippen LogP contribution is -2.29. The number of carbonyl (C=O) groups excluding carboxylic acids is 2. The lowest BCUT2D eigenvalue weighted by Gasteiger charge is -2.24. The molecule has 0 spiro atoms. The Morgan fingerprint density at radius 3 is 2.20 bits per heavy atom. The topological polar surface area (TPSA) is 120 Å². The normalized spacial score (nSPS) is 16.5. The van der Waals surface area contributed by atoms with Crippen LogP contribution in [0.25, 0.3) is 5.76 Å². The fourth-order valence-electron chi connectivity index (χ4n) is 4.36. The number of hydrogen-bond donors (Lipinski definition) is 1. The van der Waals surface area contributed by atoms with Crippen LogP contribution >= 0.6 is 11.3 Å². The Hall–Kier alpha value is -4.12. The van der Waals surface area contributed by atoms with Crippen molar-refractivity contribution in [1.82, 2.24) is 10.2 Å². The zero-order valence-electron chi connectivity index (χ0n) is 23.4. The van der Waals surface area contributed by atoms with Crippen molar-refractivity contribution in [2.24, 2.45) is 0 Å². The van der Waals surface area contributed by atoms with Gasteiger partial charge in [-0.05, 0) is 48.4 Å². The summed E-state index contributed by atoms with van der Waals surface area (Å²) in [6, 6.07) is 8.99. The standard InChI is InChI=1S/C29H33N3O7S/c1-7-8-13-39-19-11-9-17(10-12-19)24(33)22-23(18-14-20(36-4)26(38-6)21(15-18)37-5)32(28(35)25(22)34)29-31-30-27(40-29)16(2)3/h9-12,14-16,23,33H,7-8,13H2,1-6H3/t23-/m0/s1. The van der Waals surface area contributed by atoms with E-state index in [1.54, 1.807) is 36.4 Å². The number of Topliss-reactive ketones (excluding diaryl/α,β-unsaturated/α-hetero) is 1. The third-order valence-electron chi connectivity index (χ3n) is 6.47. The molecule has 3 aromatic rings. The SMILES string of the molecule is CCCCOc1ccc(C(O)=C2C(=O)C(=O)N(c3nnc(C(C)C)s3)[C@H]2c2cc(OC)c(OC)c(OC)c2)cc1. The molecule has 1 N–H and O–H groups in total. The molecule has 0 saturated carbocycles. The molecule has 1 aromatic heterocycles. The van der Waals surface area contributed by atoms with Crippen LogP contribution < -0.4 is 23.8 Å². The summed E-state index contributed by atoms with van der Waals surface area (Å²) in [6.07, 6.45) is 1.93. The number of ether oxygens (including phenoxy) is 4. The highest BCUT2D eigenvalue weighted by Gasteiger charge is 2.49. The van der Waals surface area contributed by atoms with E-state index in [-0.39, 0.29) is 22.4 Å². The van der Waals surface area contributed by atoms with Gasteiger partial charge in [-0.25, -0.2) is 0 Å². The molecule has 2 aromatic carbocycles. The molecular weight excluding hydrogens is 534 g/mol. The van der Waals surface area contributed by atoms with E-state index in [4.69, 9.17) is 18.9 Å². The number of methoxy groups -OCH3 is 3. The maximum absolute atomic E-state index is 13.5. The average molecular weight is 568 g/mol. The lowest BCUT2D eigenvalue weighted by atomic mass is 9.94. The van der Waals surface area contributed by atoms with Gasteiger partial charge in [0, 0.05) is 11.5 Å². The summed E-state index contributed by atoms with van der Waals surface area (Å²) in [4.78, 5) is 28.3. The third-order valence-corrected chi connectivity index (χ3v) is 7.69. The van der Waals surface area contributed by atoms with Gasteiger partial charge in [0.25, 0.3) is 5.78 Å². The first-order valence-electron chi connectivity index (χ1n) is 12.9. The first-order chi connectivity index (χ1) is 19.2. The molecule has 0 aliphatic carbocycles. The van der Waals surface area contributed by atoms with Gasteiger partial charge in [0.1, 0.15) is 16.5 Å². The van der Waals surface area contributed by atoms with Crippen molar-refractivity contribution in [3.8, 4) is 23.0 Å². The number of ketones is 1. The highest BCUT2D eigenvalue weighted by atomic mass is 32.1. The van der Waals surface area contributed by atoms with Crippen LogP contribution in [-0.4, -0.2) is 54.9 Å². The van der Waals surface area contributed by atoms with E-state index in [0.29, 0.717) is 45.7 Å². The molecule has 40 heavy (non-hydrogen) atoms. The summed E-state index contributed by atoms with van der Waals surface area (Å²) in [5.74, 6) is -0.280. The second-order valence-corrected chi connectivity index (χ2v) is 10.4. The molecule has 1 atom stereocenters. The Morgan fingerprint density at radius 2 is 1.68 bits per heavy atom. The highest BCUT2D eigenvalue weighted by molar-refractivity contribution is 7.15. The maximum Gasteiger partial charge on any atom is 0.301 e. The maximum atomic E-state index is 13.5. The van der Waals surface area contributed by atoms with Crippen molar-refractivity contribution >= 4 is 33.9 Å². The van der Waals surface area contributed by atoms with E-state index < -0.39 is 17.7 Å². The predicted molar refractivity (Wildman–Crippen MR) is 152 cm³/mol. The van der Waals surface area contributed by atoms with Crippen molar-refractivity contribution in [2.75, 3.05) is 32.8 Å². The summed E-state index contributed by atoms with van der Waals surface area (Å²) in [7, 11) is 4.43. The number of anilines is 1. The molecule has 1 saturated heterocycles. The highest BCUT2D eigenvalue weighted by Crippen LogP contribution is 2.47. The van der Waals surface area contributed by atoms with Gasteiger partial charge >= 0.3 is 5.91 Å². The largest absolute Gasteiger partial charge is 0.507 e. The fraction of sp³-hybridized carbons (Fsp3) is 0.379. The van der Waals surface area contributed by atoms with Crippen LogP contribution in [-0.2, 0) is 9.59 Å². The summed E-state index contributed by atoms with van der Waals surface area (Å²) < 4.78 is 22.2. The van der Waals surface area contributed by atoms with E-state index in [0.717, 1.165) is 12.8 Å². The molecule has 1 amide bonds. The van der Waals surface area contributed by atoms with Crippen molar-refractivity contribution in [3.05, 3.63) is 58.1 Å². The first-order valence-corrected chi connectivity index (χ1v) is 13.7. The lowest BCUT2D eigenvalue weighted by molar-refractivity contribution is -0.132. The van der Waals surface area contributed by atoms with Crippen LogP contribution in [0.15, 0.2) is 42.0 Å². The van der Waals surface area contributed by atoms with E-state index >= 15 is 0 Å². The van der Waals surface area contributed by atoms with Crippen LogP contribution in [0.4, 0.5) is 5.13 Å². The molecule has 1 aliphatic heterocycles. The minimum absolute atomic E-state index is 0.0701. The van der Waals surface area contributed by atoms with Crippen LogP contribution in [0.3, 0.4) is 0 Å². The summed E-state index contributed by atoms with van der Waals surface area (Å²) in [5, 5.41) is 20.9. The molecule has 10 nitrogen and oxygen atoms in total. The van der Waals surface area contributed by atoms with Crippen LogP contribution in [0, 0.1) is 0 Å². The molecule has 0 bridgehead atoms. The molecule has 0 unspecified atom stereocenters. The Labute approximate surface area is 237 Å². The number of hydrogen-bond acceptors (Lipinski definition) is 10. The first kappa shape index (κ1) is 28.9. The number of carbonyl (C=O) groups is 2. The van der Waals surface area contributed by atoms with Gasteiger partial charge in [-0.15, -0.1) is 10.2 Å². The van der Waals surface area contributed by atoms with E-state index in [1.807, 2.05) is 13.8 Å². The van der Waals surface area contributed by atoms with Crippen LogP contribution in [0.1, 0.15) is 61.7 Å². The summed E-state index contributed by atoms with van der Waals surface area (Å²) >= 11 is 1.21. The Bertz CT molecular complexity index is 1390.